The van der Waals surface area contributed by atoms with E-state index in [2.05, 4.69) is 5.16 Å². The third kappa shape index (κ3) is 4.14. The van der Waals surface area contributed by atoms with Crippen LogP contribution in [-0.2, 0) is 4.79 Å². The average Bonchev–Trinajstić information content (AvgIpc) is 2.92. The van der Waals surface area contributed by atoms with Crippen LogP contribution in [0.3, 0.4) is 0 Å². The van der Waals surface area contributed by atoms with E-state index in [9.17, 15) is 14.7 Å². The van der Waals surface area contributed by atoms with Gasteiger partial charge in [0.15, 0.2) is 0 Å². The first kappa shape index (κ1) is 19.4. The highest BCUT2D eigenvalue weighted by atomic mass is 35.5. The number of hydrogen-bond donors (Lipinski definition) is 1. The largest absolute Gasteiger partial charge is 0.388 e. The molecule has 1 aliphatic heterocycles. The van der Waals surface area contributed by atoms with Gasteiger partial charge in [-0.1, -0.05) is 28.9 Å². The first-order valence-electron chi connectivity index (χ1n) is 8.87. The zero-order valence-electron chi connectivity index (χ0n) is 15.3. The van der Waals surface area contributed by atoms with E-state index in [0.717, 1.165) is 0 Å². The predicted molar refractivity (Wildman–Crippen MR) is 100 cm³/mol. The molecule has 0 bridgehead atoms. The first-order valence-corrected chi connectivity index (χ1v) is 9.24. The maximum Gasteiger partial charge on any atom is 0.292 e. The summed E-state index contributed by atoms with van der Waals surface area (Å²) in [4.78, 5) is 28.0. The highest BCUT2D eigenvalue weighted by Crippen LogP contribution is 2.32. The lowest BCUT2D eigenvalue weighted by Gasteiger charge is -2.21. The summed E-state index contributed by atoms with van der Waals surface area (Å²) in [5, 5.41) is 14.9. The van der Waals surface area contributed by atoms with Crippen LogP contribution in [-0.4, -0.2) is 58.1 Å². The Morgan fingerprint density at radius 2 is 1.78 bits per heavy atom. The standard InChI is InChI=1S/C19H22ClN3O4/c1-12(24)16-17(14-4-6-15(20)7-5-14)21-27-18(16)19(26)23-9-3-8-22(10-11-23)13(2)25/h4-7,12,24H,3,8-11H2,1-2H3/t12-/m0/s1. The van der Waals surface area contributed by atoms with E-state index in [0.29, 0.717) is 54.4 Å². The van der Waals surface area contributed by atoms with Crippen molar-refractivity contribution in [2.75, 3.05) is 26.2 Å². The molecule has 2 amide bonds. The number of hydrogen-bond acceptors (Lipinski definition) is 5. The van der Waals surface area contributed by atoms with Gasteiger partial charge in [-0.25, -0.2) is 0 Å². The predicted octanol–water partition coefficient (Wildman–Crippen LogP) is 2.74. The van der Waals surface area contributed by atoms with E-state index in [4.69, 9.17) is 16.1 Å². The van der Waals surface area contributed by atoms with E-state index in [1.165, 1.54) is 6.92 Å². The van der Waals surface area contributed by atoms with E-state index >= 15 is 0 Å². The number of benzene rings is 1. The number of carbonyl (C=O) groups excluding carboxylic acids is 2. The van der Waals surface area contributed by atoms with Gasteiger partial charge in [0, 0.05) is 43.7 Å². The van der Waals surface area contributed by atoms with Gasteiger partial charge >= 0.3 is 0 Å². The Morgan fingerprint density at radius 1 is 1.15 bits per heavy atom. The van der Waals surface area contributed by atoms with Gasteiger partial charge in [0.2, 0.25) is 11.7 Å². The summed E-state index contributed by atoms with van der Waals surface area (Å²) in [7, 11) is 0. The van der Waals surface area contributed by atoms with E-state index in [1.54, 1.807) is 41.0 Å². The minimum atomic E-state index is -0.929. The fourth-order valence-electron chi connectivity index (χ4n) is 3.23. The molecule has 1 N–H and O–H groups in total. The Hall–Kier alpha value is -2.38. The van der Waals surface area contributed by atoms with Crippen LogP contribution in [0, 0.1) is 0 Å². The van der Waals surface area contributed by atoms with Gasteiger partial charge < -0.3 is 19.4 Å². The first-order chi connectivity index (χ1) is 12.9. The average molecular weight is 392 g/mol. The monoisotopic (exact) mass is 391 g/mol. The lowest BCUT2D eigenvalue weighted by molar-refractivity contribution is -0.128. The Labute approximate surface area is 162 Å². The number of rotatable bonds is 3. The summed E-state index contributed by atoms with van der Waals surface area (Å²) in [6.45, 7) is 5.12. The summed E-state index contributed by atoms with van der Waals surface area (Å²) >= 11 is 5.93. The van der Waals surface area contributed by atoms with Gasteiger partial charge in [0.05, 0.1) is 11.7 Å². The van der Waals surface area contributed by atoms with E-state index in [-0.39, 0.29) is 17.6 Å². The number of halogens is 1. The molecule has 0 spiro atoms. The molecule has 1 saturated heterocycles. The van der Waals surface area contributed by atoms with Crippen LogP contribution in [0.1, 0.15) is 42.5 Å². The van der Waals surface area contributed by atoms with Crippen LogP contribution in [0.2, 0.25) is 5.02 Å². The van der Waals surface area contributed by atoms with Crippen LogP contribution >= 0.6 is 11.6 Å². The Balaban J connectivity index is 1.89. The third-order valence-corrected chi connectivity index (χ3v) is 4.94. The summed E-state index contributed by atoms with van der Waals surface area (Å²) in [6.07, 6.45) is -0.241. The summed E-state index contributed by atoms with van der Waals surface area (Å²) in [5.74, 6) is -0.297. The Bertz CT molecular complexity index is 832. The third-order valence-electron chi connectivity index (χ3n) is 4.69. The van der Waals surface area contributed by atoms with Crippen molar-refractivity contribution in [3.05, 3.63) is 40.6 Å². The lowest BCUT2D eigenvalue weighted by atomic mass is 10.0. The molecule has 1 aliphatic rings. The highest BCUT2D eigenvalue weighted by Gasteiger charge is 2.30. The van der Waals surface area contributed by atoms with Crippen molar-refractivity contribution < 1.29 is 19.2 Å². The second kappa shape index (κ2) is 8.10. The van der Waals surface area contributed by atoms with Gasteiger partial charge in [0.25, 0.3) is 5.91 Å². The van der Waals surface area contributed by atoms with Gasteiger partial charge in [0.1, 0.15) is 5.69 Å². The zero-order chi connectivity index (χ0) is 19.6. The normalized spacial score (nSPS) is 16.1. The molecule has 0 aliphatic carbocycles. The maximum absolute atomic E-state index is 13.0. The van der Waals surface area contributed by atoms with E-state index < -0.39 is 6.10 Å². The SMILES string of the molecule is CC(=O)N1CCCN(C(=O)c2onc(-c3ccc(Cl)cc3)c2[C@H](C)O)CC1. The number of aliphatic hydroxyl groups is 1. The minimum absolute atomic E-state index is 0.00124. The Morgan fingerprint density at radius 3 is 2.41 bits per heavy atom. The van der Waals surface area contributed by atoms with Crippen molar-refractivity contribution in [1.82, 2.24) is 15.0 Å². The molecule has 2 heterocycles. The molecule has 1 aromatic heterocycles. The smallest absolute Gasteiger partial charge is 0.292 e. The van der Waals surface area contributed by atoms with Crippen LogP contribution in [0.5, 0.6) is 0 Å². The maximum atomic E-state index is 13.0. The number of aromatic nitrogens is 1. The number of nitrogens with zero attached hydrogens (tertiary/aromatic N) is 3. The topological polar surface area (TPSA) is 86.9 Å². The fourth-order valence-corrected chi connectivity index (χ4v) is 3.36. The van der Waals surface area contributed by atoms with Crippen molar-refractivity contribution >= 4 is 23.4 Å². The molecule has 0 saturated carbocycles. The number of amides is 2. The molecule has 7 nitrogen and oxygen atoms in total. The molecule has 2 aromatic rings. The van der Waals surface area contributed by atoms with Gasteiger partial charge in [-0.2, -0.15) is 0 Å². The molecule has 8 heteroatoms. The second-order valence-electron chi connectivity index (χ2n) is 6.61. The van der Waals surface area contributed by atoms with Crippen LogP contribution in [0.4, 0.5) is 0 Å². The van der Waals surface area contributed by atoms with Crippen LogP contribution in [0.15, 0.2) is 28.8 Å². The molecule has 3 rings (SSSR count). The molecule has 27 heavy (non-hydrogen) atoms. The zero-order valence-corrected chi connectivity index (χ0v) is 16.1. The summed E-state index contributed by atoms with van der Waals surface area (Å²) in [6, 6.07) is 6.95. The van der Waals surface area contributed by atoms with Crippen molar-refractivity contribution in [2.45, 2.75) is 26.4 Å². The van der Waals surface area contributed by atoms with Crippen molar-refractivity contribution in [1.29, 1.82) is 0 Å². The van der Waals surface area contributed by atoms with Crippen molar-refractivity contribution in [3.8, 4) is 11.3 Å². The Kier molecular flexibility index (Phi) is 5.82. The van der Waals surface area contributed by atoms with Crippen molar-refractivity contribution in [3.63, 3.8) is 0 Å². The molecule has 0 unspecified atom stereocenters. The molecule has 1 atom stereocenters. The molecular formula is C19H22ClN3O4. The van der Waals surface area contributed by atoms with E-state index in [1.807, 2.05) is 0 Å². The molecule has 144 valence electrons. The van der Waals surface area contributed by atoms with Gasteiger partial charge in [-0.05, 0) is 25.5 Å². The minimum Gasteiger partial charge on any atom is -0.388 e. The van der Waals surface area contributed by atoms with Gasteiger partial charge in [-0.15, -0.1) is 0 Å². The quantitative estimate of drug-likeness (QED) is 0.869. The molecule has 1 aromatic carbocycles. The molecule has 1 fully saturated rings. The van der Waals surface area contributed by atoms with Crippen molar-refractivity contribution in [2.24, 2.45) is 0 Å². The number of aliphatic hydroxyl groups excluding tert-OH is 1. The van der Waals surface area contributed by atoms with Crippen LogP contribution in [0.25, 0.3) is 11.3 Å². The second-order valence-corrected chi connectivity index (χ2v) is 7.05. The fraction of sp³-hybridized carbons (Fsp3) is 0.421. The van der Waals surface area contributed by atoms with Gasteiger partial charge in [-0.3, -0.25) is 9.59 Å². The molecular weight excluding hydrogens is 370 g/mol. The highest BCUT2D eigenvalue weighted by molar-refractivity contribution is 6.30. The number of carbonyl (C=O) groups is 2. The summed E-state index contributed by atoms with van der Waals surface area (Å²) in [5.41, 5.74) is 1.48. The van der Waals surface area contributed by atoms with Crippen LogP contribution < -0.4 is 0 Å². The lowest BCUT2D eigenvalue weighted by Crippen LogP contribution is -2.36. The molecule has 0 radical (unpaired) electrons. The summed E-state index contributed by atoms with van der Waals surface area (Å²) < 4.78 is 5.36.